The SMILES string of the molecule is Cc1cc(S(=O)(=O)Nc2ccccc2)ccc1OCC(=O)Nc1cccc(C#N)c1. The number of aryl methyl sites for hydroxylation is 1. The fourth-order valence-electron chi connectivity index (χ4n) is 2.68. The van der Waals surface area contributed by atoms with Gasteiger partial charge >= 0.3 is 0 Å². The highest BCUT2D eigenvalue weighted by Crippen LogP contribution is 2.23. The minimum Gasteiger partial charge on any atom is -0.483 e. The van der Waals surface area contributed by atoms with Gasteiger partial charge in [0.25, 0.3) is 15.9 Å². The number of anilines is 2. The van der Waals surface area contributed by atoms with Crippen LogP contribution in [0.5, 0.6) is 5.75 Å². The van der Waals surface area contributed by atoms with E-state index in [1.54, 1.807) is 61.5 Å². The summed E-state index contributed by atoms with van der Waals surface area (Å²) in [6.45, 7) is 1.44. The largest absolute Gasteiger partial charge is 0.483 e. The Balaban J connectivity index is 1.64. The molecular weight excluding hydrogens is 402 g/mol. The van der Waals surface area contributed by atoms with Crippen LogP contribution in [0.1, 0.15) is 11.1 Å². The Morgan fingerprint density at radius 1 is 1.00 bits per heavy atom. The Morgan fingerprint density at radius 2 is 1.73 bits per heavy atom. The van der Waals surface area contributed by atoms with E-state index in [1.165, 1.54) is 18.2 Å². The first-order valence-electron chi connectivity index (χ1n) is 8.99. The molecule has 8 heteroatoms. The number of hydrogen-bond acceptors (Lipinski definition) is 5. The molecule has 152 valence electrons. The molecule has 0 aromatic heterocycles. The molecule has 2 N–H and O–H groups in total. The van der Waals surface area contributed by atoms with Crippen molar-refractivity contribution in [3.8, 4) is 11.8 Å². The molecule has 0 fully saturated rings. The third-order valence-electron chi connectivity index (χ3n) is 4.12. The number of benzene rings is 3. The Kier molecular flexibility index (Phi) is 6.35. The Hall–Kier alpha value is -3.83. The molecule has 3 aromatic carbocycles. The lowest BCUT2D eigenvalue weighted by molar-refractivity contribution is -0.118. The van der Waals surface area contributed by atoms with Crippen LogP contribution in [0, 0.1) is 18.3 Å². The van der Waals surface area contributed by atoms with E-state index in [0.29, 0.717) is 28.3 Å². The zero-order chi connectivity index (χ0) is 21.6. The minimum absolute atomic E-state index is 0.0916. The summed E-state index contributed by atoms with van der Waals surface area (Å²) in [5.74, 6) is 0.00141. The minimum atomic E-state index is -3.74. The molecule has 3 rings (SSSR count). The first-order chi connectivity index (χ1) is 14.4. The fourth-order valence-corrected chi connectivity index (χ4v) is 3.82. The highest BCUT2D eigenvalue weighted by Gasteiger charge is 2.16. The number of rotatable bonds is 7. The maximum absolute atomic E-state index is 12.5. The quantitative estimate of drug-likeness (QED) is 0.605. The molecule has 0 heterocycles. The van der Waals surface area contributed by atoms with E-state index >= 15 is 0 Å². The molecule has 7 nitrogen and oxygen atoms in total. The number of nitrogens with zero attached hydrogens (tertiary/aromatic N) is 1. The number of carbonyl (C=O) groups is 1. The van der Waals surface area contributed by atoms with Crippen molar-refractivity contribution in [1.29, 1.82) is 5.26 Å². The number of nitrogens with one attached hydrogen (secondary N) is 2. The lowest BCUT2D eigenvalue weighted by Crippen LogP contribution is -2.20. The summed E-state index contributed by atoms with van der Waals surface area (Å²) in [6, 6.07) is 21.5. The van der Waals surface area contributed by atoms with E-state index < -0.39 is 15.9 Å². The number of carbonyl (C=O) groups excluding carboxylic acids is 1. The van der Waals surface area contributed by atoms with Gasteiger partial charge in [-0.05, 0) is 61.0 Å². The van der Waals surface area contributed by atoms with Crippen LogP contribution in [-0.4, -0.2) is 20.9 Å². The van der Waals surface area contributed by atoms with Crippen molar-refractivity contribution in [2.24, 2.45) is 0 Å². The number of para-hydroxylation sites is 1. The topological polar surface area (TPSA) is 108 Å². The van der Waals surface area contributed by atoms with Crippen LogP contribution in [0.2, 0.25) is 0 Å². The van der Waals surface area contributed by atoms with Gasteiger partial charge in [-0.25, -0.2) is 8.42 Å². The molecular formula is C22H19N3O4S. The van der Waals surface area contributed by atoms with Crippen LogP contribution in [0.15, 0.2) is 77.7 Å². The lowest BCUT2D eigenvalue weighted by atomic mass is 10.2. The van der Waals surface area contributed by atoms with Gasteiger partial charge in [0.1, 0.15) is 5.75 Å². The summed E-state index contributed by atoms with van der Waals surface area (Å²) >= 11 is 0. The zero-order valence-corrected chi connectivity index (χ0v) is 16.9. The van der Waals surface area contributed by atoms with Crippen molar-refractivity contribution in [3.63, 3.8) is 0 Å². The van der Waals surface area contributed by atoms with E-state index in [9.17, 15) is 13.2 Å². The Labute approximate surface area is 175 Å². The molecule has 0 aliphatic carbocycles. The summed E-state index contributed by atoms with van der Waals surface area (Å²) in [5.41, 5.74) is 1.97. The second kappa shape index (κ2) is 9.11. The molecule has 0 bridgehead atoms. The molecule has 0 radical (unpaired) electrons. The average molecular weight is 421 g/mol. The van der Waals surface area contributed by atoms with Crippen LogP contribution in [0.4, 0.5) is 11.4 Å². The molecule has 0 atom stereocenters. The number of sulfonamides is 1. The van der Waals surface area contributed by atoms with E-state index in [1.807, 2.05) is 6.07 Å². The van der Waals surface area contributed by atoms with Gasteiger partial charge in [-0.3, -0.25) is 9.52 Å². The second-order valence-corrected chi connectivity index (χ2v) is 8.11. The predicted octanol–water partition coefficient (Wildman–Crippen LogP) is 3.69. The molecule has 0 aliphatic heterocycles. The summed E-state index contributed by atoms with van der Waals surface area (Å²) in [4.78, 5) is 12.2. The molecule has 0 saturated carbocycles. The van der Waals surface area contributed by atoms with E-state index in [-0.39, 0.29) is 11.5 Å². The summed E-state index contributed by atoms with van der Waals surface area (Å²) in [6.07, 6.45) is 0. The van der Waals surface area contributed by atoms with Crippen LogP contribution in [0.3, 0.4) is 0 Å². The fraction of sp³-hybridized carbons (Fsp3) is 0.0909. The number of hydrogen-bond donors (Lipinski definition) is 2. The van der Waals surface area contributed by atoms with Gasteiger partial charge in [0.2, 0.25) is 0 Å². The van der Waals surface area contributed by atoms with Gasteiger partial charge in [-0.2, -0.15) is 5.26 Å². The van der Waals surface area contributed by atoms with Crippen LogP contribution >= 0.6 is 0 Å². The Bertz CT molecular complexity index is 1200. The van der Waals surface area contributed by atoms with E-state index in [4.69, 9.17) is 10.00 Å². The summed E-state index contributed by atoms with van der Waals surface area (Å²) in [7, 11) is -3.74. The molecule has 0 unspecified atom stereocenters. The summed E-state index contributed by atoms with van der Waals surface area (Å²) in [5, 5.41) is 11.6. The number of ether oxygens (including phenoxy) is 1. The second-order valence-electron chi connectivity index (χ2n) is 6.43. The number of nitriles is 1. The number of amides is 1. The molecule has 0 saturated heterocycles. The first kappa shape index (κ1) is 20.9. The summed E-state index contributed by atoms with van der Waals surface area (Å²) < 4.78 is 33.1. The van der Waals surface area contributed by atoms with E-state index in [2.05, 4.69) is 10.0 Å². The molecule has 30 heavy (non-hydrogen) atoms. The third kappa shape index (κ3) is 5.37. The standard InChI is InChI=1S/C22H19N3O4S/c1-16-12-20(30(27,28)25-18-7-3-2-4-8-18)10-11-21(16)29-15-22(26)24-19-9-5-6-17(13-19)14-23/h2-13,25H,15H2,1H3,(H,24,26). The zero-order valence-electron chi connectivity index (χ0n) is 16.1. The van der Waals surface area contributed by atoms with Crippen molar-refractivity contribution in [2.75, 3.05) is 16.6 Å². The normalized spacial score (nSPS) is 10.7. The maximum atomic E-state index is 12.5. The monoisotopic (exact) mass is 421 g/mol. The molecule has 0 aliphatic rings. The van der Waals surface area contributed by atoms with Crippen LogP contribution in [-0.2, 0) is 14.8 Å². The smallest absolute Gasteiger partial charge is 0.262 e. The predicted molar refractivity (Wildman–Crippen MR) is 114 cm³/mol. The van der Waals surface area contributed by atoms with Crippen molar-refractivity contribution in [1.82, 2.24) is 0 Å². The first-order valence-corrected chi connectivity index (χ1v) is 10.5. The van der Waals surface area contributed by atoms with Gasteiger partial charge in [-0.15, -0.1) is 0 Å². The van der Waals surface area contributed by atoms with Crippen molar-refractivity contribution >= 4 is 27.3 Å². The van der Waals surface area contributed by atoms with Crippen molar-refractivity contribution in [3.05, 3.63) is 83.9 Å². The molecule has 1 amide bonds. The molecule has 0 spiro atoms. The van der Waals surface area contributed by atoms with Crippen LogP contribution in [0.25, 0.3) is 0 Å². The third-order valence-corrected chi connectivity index (χ3v) is 5.50. The Morgan fingerprint density at radius 3 is 2.43 bits per heavy atom. The maximum Gasteiger partial charge on any atom is 0.262 e. The van der Waals surface area contributed by atoms with Crippen molar-refractivity contribution in [2.45, 2.75) is 11.8 Å². The van der Waals surface area contributed by atoms with Gasteiger partial charge in [0, 0.05) is 11.4 Å². The highest BCUT2D eigenvalue weighted by atomic mass is 32.2. The van der Waals surface area contributed by atoms with E-state index in [0.717, 1.165) is 0 Å². The highest BCUT2D eigenvalue weighted by molar-refractivity contribution is 7.92. The van der Waals surface area contributed by atoms with Crippen LogP contribution < -0.4 is 14.8 Å². The van der Waals surface area contributed by atoms with Gasteiger partial charge in [0.15, 0.2) is 6.61 Å². The van der Waals surface area contributed by atoms with Crippen molar-refractivity contribution < 1.29 is 17.9 Å². The van der Waals surface area contributed by atoms with Gasteiger partial charge < -0.3 is 10.1 Å². The average Bonchev–Trinajstić information content (AvgIpc) is 2.73. The molecule has 3 aromatic rings. The van der Waals surface area contributed by atoms with Gasteiger partial charge in [0.05, 0.1) is 16.5 Å². The van der Waals surface area contributed by atoms with Gasteiger partial charge in [-0.1, -0.05) is 24.3 Å². The lowest BCUT2D eigenvalue weighted by Gasteiger charge is -2.12.